The van der Waals surface area contributed by atoms with E-state index in [4.69, 9.17) is 5.73 Å². The monoisotopic (exact) mass is 232 g/mol. The van der Waals surface area contributed by atoms with Gasteiger partial charge in [0.05, 0.1) is 0 Å². The maximum absolute atomic E-state index is 5.76. The second-order valence-electron chi connectivity index (χ2n) is 5.34. The molecular formula is C15H24N2. The summed E-state index contributed by atoms with van der Waals surface area (Å²) in [6, 6.07) is 11.5. The summed E-state index contributed by atoms with van der Waals surface area (Å²) in [4.78, 5) is 2.59. The lowest BCUT2D eigenvalue weighted by molar-refractivity contribution is 0.200. The van der Waals surface area contributed by atoms with E-state index in [9.17, 15) is 0 Å². The van der Waals surface area contributed by atoms with E-state index in [-0.39, 0.29) is 0 Å². The smallest absolute Gasteiger partial charge is 0.0105 e. The van der Waals surface area contributed by atoms with Crippen molar-refractivity contribution in [1.29, 1.82) is 0 Å². The minimum atomic E-state index is 0.588. The van der Waals surface area contributed by atoms with Gasteiger partial charge in [0, 0.05) is 12.6 Å². The van der Waals surface area contributed by atoms with E-state index < -0.39 is 0 Å². The van der Waals surface area contributed by atoms with E-state index in [1.807, 2.05) is 0 Å². The number of benzene rings is 1. The van der Waals surface area contributed by atoms with Crippen molar-refractivity contribution in [3.05, 3.63) is 35.9 Å². The van der Waals surface area contributed by atoms with Gasteiger partial charge in [-0.05, 0) is 43.8 Å². The van der Waals surface area contributed by atoms with Gasteiger partial charge in [0.25, 0.3) is 0 Å². The fourth-order valence-electron chi connectivity index (χ4n) is 2.71. The van der Waals surface area contributed by atoms with Crippen LogP contribution in [0.5, 0.6) is 0 Å². The van der Waals surface area contributed by atoms with Crippen LogP contribution in [0.4, 0.5) is 0 Å². The van der Waals surface area contributed by atoms with E-state index >= 15 is 0 Å². The van der Waals surface area contributed by atoms with Crippen LogP contribution in [0.2, 0.25) is 0 Å². The van der Waals surface area contributed by atoms with E-state index in [0.717, 1.165) is 6.54 Å². The van der Waals surface area contributed by atoms with Crippen molar-refractivity contribution in [2.75, 3.05) is 19.6 Å². The number of rotatable bonds is 4. The Morgan fingerprint density at radius 3 is 2.65 bits per heavy atom. The molecule has 1 aromatic rings. The van der Waals surface area contributed by atoms with Crippen LogP contribution in [0.1, 0.15) is 31.7 Å². The van der Waals surface area contributed by atoms with Crippen LogP contribution in [0.25, 0.3) is 0 Å². The number of nitrogens with two attached hydrogens (primary N) is 1. The lowest BCUT2D eigenvalue weighted by Crippen LogP contribution is -2.38. The van der Waals surface area contributed by atoms with E-state index in [1.54, 1.807) is 0 Å². The Balaban J connectivity index is 1.96. The molecule has 2 nitrogen and oxygen atoms in total. The first-order valence-corrected chi connectivity index (χ1v) is 6.71. The molecule has 0 radical (unpaired) electrons. The molecule has 0 saturated carbocycles. The number of hydrogen-bond acceptors (Lipinski definition) is 2. The summed E-state index contributed by atoms with van der Waals surface area (Å²) in [5.74, 6) is 1.30. The minimum Gasteiger partial charge on any atom is -0.330 e. The molecule has 94 valence electrons. The molecule has 3 unspecified atom stereocenters. The summed E-state index contributed by atoms with van der Waals surface area (Å²) in [5, 5.41) is 0. The zero-order valence-electron chi connectivity index (χ0n) is 11.0. The van der Waals surface area contributed by atoms with Crippen molar-refractivity contribution in [2.24, 2.45) is 11.7 Å². The van der Waals surface area contributed by atoms with Gasteiger partial charge in [0.1, 0.15) is 0 Å². The van der Waals surface area contributed by atoms with Gasteiger partial charge in [-0.3, -0.25) is 4.90 Å². The lowest BCUT2D eigenvalue weighted by atomic mass is 9.98. The largest absolute Gasteiger partial charge is 0.330 e. The topological polar surface area (TPSA) is 29.3 Å². The Morgan fingerprint density at radius 2 is 2.00 bits per heavy atom. The molecular weight excluding hydrogens is 208 g/mol. The SMILES string of the molecule is CC(CN)C(C)N1CCC(c2ccccc2)C1. The maximum Gasteiger partial charge on any atom is 0.0105 e. The van der Waals surface area contributed by atoms with E-state index in [0.29, 0.717) is 17.9 Å². The summed E-state index contributed by atoms with van der Waals surface area (Å²) >= 11 is 0. The van der Waals surface area contributed by atoms with Crippen molar-refractivity contribution in [2.45, 2.75) is 32.2 Å². The van der Waals surface area contributed by atoms with Crippen molar-refractivity contribution in [3.8, 4) is 0 Å². The molecule has 2 N–H and O–H groups in total. The molecule has 3 atom stereocenters. The highest BCUT2D eigenvalue weighted by molar-refractivity contribution is 5.21. The number of nitrogens with zero attached hydrogens (tertiary/aromatic N) is 1. The van der Waals surface area contributed by atoms with Crippen molar-refractivity contribution in [1.82, 2.24) is 4.90 Å². The second-order valence-corrected chi connectivity index (χ2v) is 5.34. The van der Waals surface area contributed by atoms with Crippen LogP contribution in [0, 0.1) is 5.92 Å². The molecule has 17 heavy (non-hydrogen) atoms. The third kappa shape index (κ3) is 2.88. The average molecular weight is 232 g/mol. The van der Waals surface area contributed by atoms with Gasteiger partial charge < -0.3 is 5.73 Å². The Bertz CT molecular complexity index is 336. The summed E-state index contributed by atoms with van der Waals surface area (Å²) in [5.41, 5.74) is 7.25. The van der Waals surface area contributed by atoms with Gasteiger partial charge in [-0.2, -0.15) is 0 Å². The van der Waals surface area contributed by atoms with Gasteiger partial charge in [-0.25, -0.2) is 0 Å². The second kappa shape index (κ2) is 5.65. The van der Waals surface area contributed by atoms with Crippen molar-refractivity contribution < 1.29 is 0 Å². The van der Waals surface area contributed by atoms with Gasteiger partial charge in [-0.15, -0.1) is 0 Å². The van der Waals surface area contributed by atoms with Gasteiger partial charge in [0.2, 0.25) is 0 Å². The average Bonchev–Trinajstić information content (AvgIpc) is 2.87. The predicted octanol–water partition coefficient (Wildman–Crippen LogP) is 2.46. The van der Waals surface area contributed by atoms with Crippen LogP contribution < -0.4 is 5.73 Å². The molecule has 1 aromatic carbocycles. The zero-order valence-corrected chi connectivity index (χ0v) is 11.0. The molecule has 1 aliphatic heterocycles. The van der Waals surface area contributed by atoms with Gasteiger partial charge >= 0.3 is 0 Å². The normalized spacial score (nSPS) is 24.8. The van der Waals surface area contributed by atoms with Gasteiger partial charge in [0.15, 0.2) is 0 Å². The highest BCUT2D eigenvalue weighted by Crippen LogP contribution is 2.29. The molecule has 1 saturated heterocycles. The van der Waals surface area contributed by atoms with Crippen molar-refractivity contribution >= 4 is 0 Å². The molecule has 2 heteroatoms. The van der Waals surface area contributed by atoms with Crippen LogP contribution in [-0.4, -0.2) is 30.6 Å². The fraction of sp³-hybridized carbons (Fsp3) is 0.600. The highest BCUT2D eigenvalue weighted by Gasteiger charge is 2.28. The zero-order chi connectivity index (χ0) is 12.3. The van der Waals surface area contributed by atoms with Gasteiger partial charge in [-0.1, -0.05) is 37.3 Å². The maximum atomic E-state index is 5.76. The lowest BCUT2D eigenvalue weighted by Gasteiger charge is -2.29. The molecule has 1 fully saturated rings. The van der Waals surface area contributed by atoms with Crippen LogP contribution in [-0.2, 0) is 0 Å². The molecule has 0 bridgehead atoms. The molecule has 0 aromatic heterocycles. The van der Waals surface area contributed by atoms with E-state index in [1.165, 1.54) is 25.1 Å². The number of hydrogen-bond donors (Lipinski definition) is 1. The quantitative estimate of drug-likeness (QED) is 0.864. The third-order valence-electron chi connectivity index (χ3n) is 4.26. The molecule has 1 aliphatic rings. The Morgan fingerprint density at radius 1 is 1.29 bits per heavy atom. The van der Waals surface area contributed by atoms with Crippen LogP contribution >= 0.6 is 0 Å². The van der Waals surface area contributed by atoms with Crippen LogP contribution in [0.15, 0.2) is 30.3 Å². The van der Waals surface area contributed by atoms with Crippen molar-refractivity contribution in [3.63, 3.8) is 0 Å². The summed E-state index contributed by atoms with van der Waals surface area (Å²) in [7, 11) is 0. The third-order valence-corrected chi connectivity index (χ3v) is 4.26. The van der Waals surface area contributed by atoms with E-state index in [2.05, 4.69) is 49.1 Å². The minimum absolute atomic E-state index is 0.588. The summed E-state index contributed by atoms with van der Waals surface area (Å²) in [6.45, 7) is 7.75. The predicted molar refractivity (Wildman–Crippen MR) is 73.1 cm³/mol. The molecule has 1 heterocycles. The number of likely N-dealkylation sites (tertiary alicyclic amines) is 1. The Hall–Kier alpha value is -0.860. The highest BCUT2D eigenvalue weighted by atomic mass is 15.2. The standard InChI is InChI=1S/C15H24N2/c1-12(10-16)13(2)17-9-8-15(11-17)14-6-4-3-5-7-14/h3-7,12-13,15H,8-11,16H2,1-2H3. The molecule has 0 aliphatic carbocycles. The first-order chi connectivity index (χ1) is 8.22. The van der Waals surface area contributed by atoms with Crippen LogP contribution in [0.3, 0.4) is 0 Å². The molecule has 0 amide bonds. The molecule has 0 spiro atoms. The summed E-state index contributed by atoms with van der Waals surface area (Å²) in [6.07, 6.45) is 1.28. The molecule has 2 rings (SSSR count). The first-order valence-electron chi connectivity index (χ1n) is 6.71. The first kappa shape index (κ1) is 12.6. The Kier molecular flexibility index (Phi) is 4.19. The fourth-order valence-corrected chi connectivity index (χ4v) is 2.71. The summed E-state index contributed by atoms with van der Waals surface area (Å²) < 4.78 is 0. The Labute approximate surface area is 105 Å².